The lowest BCUT2D eigenvalue weighted by molar-refractivity contribution is 0.169. The first-order valence-corrected chi connectivity index (χ1v) is 6.41. The highest BCUT2D eigenvalue weighted by Crippen LogP contribution is 2.35. The summed E-state index contributed by atoms with van der Waals surface area (Å²) in [5.41, 5.74) is 0.665. The molecule has 1 unspecified atom stereocenters. The first-order valence-electron chi connectivity index (χ1n) is 5.53. The van der Waals surface area contributed by atoms with Crippen molar-refractivity contribution in [1.82, 2.24) is 4.98 Å². The normalized spacial score (nSPS) is 12.2. The van der Waals surface area contributed by atoms with Crippen molar-refractivity contribution in [3.63, 3.8) is 0 Å². The molecule has 2 aromatic rings. The van der Waals surface area contributed by atoms with E-state index in [9.17, 15) is 5.11 Å². The number of aromatic nitrogens is 1. The standard InChI is InChI=1S/C13H15NO3S/c1-16-10-4-3-5-11(17-2)13(10)9(15)8-12-14-6-7-18-12/h3-7,9,15H,8H2,1-2H3. The molecule has 1 aromatic carbocycles. The number of methoxy groups -OCH3 is 2. The molecule has 18 heavy (non-hydrogen) atoms. The Morgan fingerprint density at radius 2 is 1.94 bits per heavy atom. The predicted octanol–water partition coefficient (Wildman–Crippen LogP) is 2.44. The molecule has 4 nitrogen and oxygen atoms in total. The number of benzene rings is 1. The van der Waals surface area contributed by atoms with Crippen LogP contribution in [0.4, 0.5) is 0 Å². The number of rotatable bonds is 5. The van der Waals surface area contributed by atoms with Gasteiger partial charge in [-0.3, -0.25) is 0 Å². The molecule has 0 radical (unpaired) electrons. The Kier molecular flexibility index (Phi) is 4.17. The van der Waals surface area contributed by atoms with Gasteiger partial charge in [0.2, 0.25) is 0 Å². The summed E-state index contributed by atoms with van der Waals surface area (Å²) in [5, 5.41) is 13.1. The van der Waals surface area contributed by atoms with Gasteiger partial charge in [-0.15, -0.1) is 11.3 Å². The lowest BCUT2D eigenvalue weighted by Gasteiger charge is -2.17. The highest BCUT2D eigenvalue weighted by atomic mass is 32.1. The third kappa shape index (κ3) is 2.63. The summed E-state index contributed by atoms with van der Waals surface area (Å²) in [6.45, 7) is 0. The van der Waals surface area contributed by atoms with Crippen LogP contribution in [0.2, 0.25) is 0 Å². The highest BCUT2D eigenvalue weighted by Gasteiger charge is 2.19. The smallest absolute Gasteiger partial charge is 0.128 e. The monoisotopic (exact) mass is 265 g/mol. The molecule has 1 heterocycles. The molecule has 1 N–H and O–H groups in total. The van der Waals surface area contributed by atoms with Crippen molar-refractivity contribution in [2.75, 3.05) is 14.2 Å². The summed E-state index contributed by atoms with van der Waals surface area (Å²) in [6, 6.07) is 5.45. The number of aliphatic hydroxyl groups excluding tert-OH is 1. The molecule has 0 aliphatic carbocycles. The van der Waals surface area contributed by atoms with Gasteiger partial charge in [0, 0.05) is 18.0 Å². The Balaban J connectivity index is 2.30. The maximum Gasteiger partial charge on any atom is 0.128 e. The van der Waals surface area contributed by atoms with E-state index in [0.717, 1.165) is 5.01 Å². The largest absolute Gasteiger partial charge is 0.496 e. The number of hydrogen-bond donors (Lipinski definition) is 1. The molecule has 0 fully saturated rings. The van der Waals surface area contributed by atoms with Gasteiger partial charge in [0.05, 0.1) is 30.9 Å². The van der Waals surface area contributed by atoms with Gasteiger partial charge in [0.25, 0.3) is 0 Å². The van der Waals surface area contributed by atoms with Crippen LogP contribution in [0.25, 0.3) is 0 Å². The van der Waals surface area contributed by atoms with Gasteiger partial charge in [-0.2, -0.15) is 0 Å². The summed E-state index contributed by atoms with van der Waals surface area (Å²) in [5.74, 6) is 1.25. The average Bonchev–Trinajstić information content (AvgIpc) is 2.90. The van der Waals surface area contributed by atoms with Crippen LogP contribution < -0.4 is 9.47 Å². The fraction of sp³-hybridized carbons (Fsp3) is 0.308. The van der Waals surface area contributed by atoms with Gasteiger partial charge in [-0.05, 0) is 12.1 Å². The van der Waals surface area contributed by atoms with Crippen LogP contribution in [0.15, 0.2) is 29.8 Å². The molecule has 0 bridgehead atoms. The van der Waals surface area contributed by atoms with Crippen LogP contribution in [-0.4, -0.2) is 24.3 Å². The predicted molar refractivity (Wildman–Crippen MR) is 70.3 cm³/mol. The quantitative estimate of drug-likeness (QED) is 0.902. The Morgan fingerprint density at radius 3 is 2.44 bits per heavy atom. The summed E-state index contributed by atoms with van der Waals surface area (Å²) in [7, 11) is 3.16. The molecule has 0 aliphatic heterocycles. The van der Waals surface area contributed by atoms with Gasteiger partial charge in [-0.25, -0.2) is 4.98 Å². The average molecular weight is 265 g/mol. The fourth-order valence-corrected chi connectivity index (χ4v) is 2.48. The Hall–Kier alpha value is -1.59. The molecule has 96 valence electrons. The third-order valence-corrected chi connectivity index (χ3v) is 3.45. The molecular formula is C13H15NO3S. The van der Waals surface area contributed by atoms with Gasteiger partial charge in [0.15, 0.2) is 0 Å². The van der Waals surface area contributed by atoms with Crippen molar-refractivity contribution in [3.05, 3.63) is 40.3 Å². The fourth-order valence-electron chi connectivity index (χ4n) is 1.83. The minimum atomic E-state index is -0.692. The van der Waals surface area contributed by atoms with Crippen molar-refractivity contribution in [2.45, 2.75) is 12.5 Å². The number of hydrogen-bond acceptors (Lipinski definition) is 5. The van der Waals surface area contributed by atoms with E-state index in [0.29, 0.717) is 23.5 Å². The van der Waals surface area contributed by atoms with E-state index in [1.165, 1.54) is 11.3 Å². The van der Waals surface area contributed by atoms with Gasteiger partial charge in [0.1, 0.15) is 11.5 Å². The Bertz CT molecular complexity index is 477. The molecule has 2 rings (SSSR count). The number of nitrogens with zero attached hydrogens (tertiary/aromatic N) is 1. The zero-order valence-corrected chi connectivity index (χ0v) is 11.1. The highest BCUT2D eigenvalue weighted by molar-refractivity contribution is 7.09. The lowest BCUT2D eigenvalue weighted by Crippen LogP contribution is -2.06. The molecular weight excluding hydrogens is 250 g/mol. The minimum absolute atomic E-state index is 0.453. The first kappa shape index (κ1) is 12.9. The van der Waals surface area contributed by atoms with Crippen LogP contribution in [0.3, 0.4) is 0 Å². The zero-order valence-electron chi connectivity index (χ0n) is 10.3. The number of ether oxygens (including phenoxy) is 2. The number of aliphatic hydroxyl groups is 1. The second-order valence-corrected chi connectivity index (χ2v) is 4.70. The van der Waals surface area contributed by atoms with Crippen LogP contribution in [0.1, 0.15) is 16.7 Å². The Morgan fingerprint density at radius 1 is 1.28 bits per heavy atom. The molecule has 0 aliphatic rings. The molecule has 5 heteroatoms. The molecule has 0 spiro atoms. The maximum atomic E-state index is 10.3. The maximum absolute atomic E-state index is 10.3. The zero-order chi connectivity index (χ0) is 13.0. The van der Waals surface area contributed by atoms with E-state index in [2.05, 4.69) is 4.98 Å². The van der Waals surface area contributed by atoms with E-state index in [1.807, 2.05) is 23.6 Å². The Labute approximate surface area is 110 Å². The van der Waals surface area contributed by atoms with Gasteiger partial charge < -0.3 is 14.6 Å². The van der Waals surface area contributed by atoms with Crippen molar-refractivity contribution < 1.29 is 14.6 Å². The molecule has 1 aromatic heterocycles. The SMILES string of the molecule is COc1cccc(OC)c1C(O)Cc1nccs1. The summed E-state index contributed by atoms with van der Waals surface area (Å²) >= 11 is 1.52. The van der Waals surface area contributed by atoms with Crippen LogP contribution >= 0.6 is 11.3 Å². The van der Waals surface area contributed by atoms with Crippen LogP contribution in [0, 0.1) is 0 Å². The van der Waals surface area contributed by atoms with Crippen molar-refractivity contribution >= 4 is 11.3 Å². The second-order valence-electron chi connectivity index (χ2n) is 3.72. The minimum Gasteiger partial charge on any atom is -0.496 e. The molecule has 0 saturated carbocycles. The van der Waals surface area contributed by atoms with Crippen LogP contribution in [0.5, 0.6) is 11.5 Å². The second kappa shape index (κ2) is 5.84. The van der Waals surface area contributed by atoms with E-state index in [4.69, 9.17) is 9.47 Å². The first-order chi connectivity index (χ1) is 8.76. The van der Waals surface area contributed by atoms with E-state index in [-0.39, 0.29) is 0 Å². The number of thiazole rings is 1. The third-order valence-electron chi connectivity index (χ3n) is 2.65. The van der Waals surface area contributed by atoms with Crippen molar-refractivity contribution in [1.29, 1.82) is 0 Å². The van der Waals surface area contributed by atoms with E-state index >= 15 is 0 Å². The topological polar surface area (TPSA) is 51.6 Å². The molecule has 1 atom stereocenters. The summed E-state index contributed by atoms with van der Waals surface area (Å²) in [6.07, 6.45) is 1.49. The lowest BCUT2D eigenvalue weighted by atomic mass is 10.0. The van der Waals surface area contributed by atoms with E-state index in [1.54, 1.807) is 20.4 Å². The van der Waals surface area contributed by atoms with Crippen molar-refractivity contribution in [2.24, 2.45) is 0 Å². The summed E-state index contributed by atoms with van der Waals surface area (Å²) in [4.78, 5) is 4.17. The van der Waals surface area contributed by atoms with Gasteiger partial charge in [-0.1, -0.05) is 6.07 Å². The summed E-state index contributed by atoms with van der Waals surface area (Å²) < 4.78 is 10.5. The molecule has 0 amide bonds. The van der Waals surface area contributed by atoms with Crippen molar-refractivity contribution in [3.8, 4) is 11.5 Å². The van der Waals surface area contributed by atoms with E-state index < -0.39 is 6.10 Å². The molecule has 0 saturated heterocycles. The van der Waals surface area contributed by atoms with Gasteiger partial charge >= 0.3 is 0 Å². The van der Waals surface area contributed by atoms with Crippen LogP contribution in [-0.2, 0) is 6.42 Å².